The van der Waals surface area contributed by atoms with E-state index in [2.05, 4.69) is 9.97 Å². The zero-order chi connectivity index (χ0) is 27.4. The van der Waals surface area contributed by atoms with Crippen molar-refractivity contribution in [3.63, 3.8) is 0 Å². The van der Waals surface area contributed by atoms with Crippen LogP contribution in [-0.4, -0.2) is 61.9 Å². The fourth-order valence-electron chi connectivity index (χ4n) is 4.19. The lowest BCUT2D eigenvalue weighted by Crippen LogP contribution is -2.44. The van der Waals surface area contributed by atoms with Crippen LogP contribution in [0.4, 0.5) is 9.59 Å². The third-order valence-electron chi connectivity index (χ3n) is 5.89. The van der Waals surface area contributed by atoms with Gasteiger partial charge in [-0.05, 0) is 85.8 Å². The van der Waals surface area contributed by atoms with E-state index in [1.54, 1.807) is 67.2 Å². The van der Waals surface area contributed by atoms with Crippen molar-refractivity contribution in [3.05, 3.63) is 42.7 Å². The van der Waals surface area contributed by atoms with Crippen molar-refractivity contribution in [1.82, 2.24) is 19.4 Å². The van der Waals surface area contributed by atoms with Crippen molar-refractivity contribution in [3.8, 4) is 5.69 Å². The maximum atomic E-state index is 13.1. The fraction of sp³-hybridized carbons (Fsp3) is 0.593. The molecule has 0 aliphatic heterocycles. The van der Waals surface area contributed by atoms with Gasteiger partial charge in [0.2, 0.25) is 0 Å². The molecule has 0 bridgehead atoms. The lowest BCUT2D eigenvalue weighted by atomic mass is 9.97. The zero-order valence-corrected chi connectivity index (χ0v) is 22.8. The minimum atomic E-state index is -0.855. The van der Waals surface area contributed by atoms with Crippen molar-refractivity contribution in [2.45, 2.75) is 84.3 Å². The molecular weight excluding hydrogens is 476 g/mol. The van der Waals surface area contributed by atoms with Gasteiger partial charge in [0.1, 0.15) is 16.6 Å². The van der Waals surface area contributed by atoms with Gasteiger partial charge in [0.05, 0.1) is 30.5 Å². The third kappa shape index (κ3) is 7.08. The molecule has 2 heterocycles. The monoisotopic (exact) mass is 514 g/mol. The molecule has 0 saturated heterocycles. The summed E-state index contributed by atoms with van der Waals surface area (Å²) in [4.78, 5) is 48.3. The number of imide groups is 1. The van der Waals surface area contributed by atoms with Crippen LogP contribution in [0.5, 0.6) is 0 Å². The molecule has 202 valence electrons. The second-order valence-electron chi connectivity index (χ2n) is 11.2. The van der Waals surface area contributed by atoms with Gasteiger partial charge in [-0.3, -0.25) is 9.78 Å². The molecule has 0 aromatic carbocycles. The Morgan fingerprint density at radius 1 is 1.11 bits per heavy atom. The minimum absolute atomic E-state index is 0.0390. The predicted molar refractivity (Wildman–Crippen MR) is 136 cm³/mol. The summed E-state index contributed by atoms with van der Waals surface area (Å²) in [6.07, 6.45) is 7.01. The number of amides is 2. The quantitative estimate of drug-likeness (QED) is 0.356. The van der Waals surface area contributed by atoms with Crippen LogP contribution in [0.2, 0.25) is 0 Å². The second-order valence-corrected chi connectivity index (χ2v) is 11.2. The number of carbonyl (C=O) groups excluding carboxylic acids is 3. The van der Waals surface area contributed by atoms with Crippen LogP contribution in [-0.2, 0) is 24.4 Å². The summed E-state index contributed by atoms with van der Waals surface area (Å²) in [5.74, 6) is -0.351. The zero-order valence-electron chi connectivity index (χ0n) is 22.8. The molecule has 2 amide bonds. The third-order valence-corrected chi connectivity index (χ3v) is 5.89. The highest BCUT2D eigenvalue weighted by atomic mass is 16.6. The highest BCUT2D eigenvalue weighted by Gasteiger charge is 2.63. The van der Waals surface area contributed by atoms with Gasteiger partial charge in [-0.15, -0.1) is 0 Å². The summed E-state index contributed by atoms with van der Waals surface area (Å²) in [6.45, 7) is 12.6. The first-order chi connectivity index (χ1) is 17.3. The van der Waals surface area contributed by atoms with Crippen LogP contribution >= 0.6 is 0 Å². The number of ether oxygens (including phenoxy) is 3. The molecular formula is C27H38N4O6. The van der Waals surface area contributed by atoms with Crippen LogP contribution in [0, 0.1) is 5.92 Å². The second kappa shape index (κ2) is 10.9. The Labute approximate surface area is 218 Å². The molecule has 2 atom stereocenters. The maximum absolute atomic E-state index is 13.1. The maximum Gasteiger partial charge on any atom is 0.419 e. The Bertz CT molecular complexity index is 1070. The SMILES string of the molecule is CCOC(=O)[C@]1(c2cn(-c3cccnc3)cn2)CC1CCCN(C(=O)OC(C)(C)C)C(=O)OC(C)(C)C. The number of nitrogens with zero attached hydrogens (tertiary/aromatic N) is 4. The fourth-order valence-corrected chi connectivity index (χ4v) is 4.19. The molecule has 3 rings (SSSR count). The van der Waals surface area contributed by atoms with Gasteiger partial charge < -0.3 is 18.8 Å². The molecule has 2 aromatic heterocycles. The Balaban J connectivity index is 1.73. The first-order valence-corrected chi connectivity index (χ1v) is 12.6. The van der Waals surface area contributed by atoms with Crippen LogP contribution in [0.3, 0.4) is 0 Å². The first-order valence-electron chi connectivity index (χ1n) is 12.6. The molecule has 0 spiro atoms. The summed E-state index contributed by atoms with van der Waals surface area (Å²) < 4.78 is 18.1. The smallest absolute Gasteiger partial charge is 0.419 e. The summed E-state index contributed by atoms with van der Waals surface area (Å²) in [7, 11) is 0. The summed E-state index contributed by atoms with van der Waals surface area (Å²) in [5.41, 5.74) is -0.912. The van der Waals surface area contributed by atoms with E-state index < -0.39 is 28.8 Å². The Hall–Kier alpha value is -3.43. The van der Waals surface area contributed by atoms with E-state index in [1.807, 2.05) is 22.9 Å². The number of hydrogen-bond donors (Lipinski definition) is 0. The predicted octanol–water partition coefficient (Wildman–Crippen LogP) is 5.04. The van der Waals surface area contributed by atoms with Gasteiger partial charge in [-0.1, -0.05) is 0 Å². The number of aromatic nitrogens is 3. The lowest BCUT2D eigenvalue weighted by Gasteiger charge is -2.28. The highest BCUT2D eigenvalue weighted by molar-refractivity contribution is 5.88. The molecule has 0 radical (unpaired) electrons. The highest BCUT2D eigenvalue weighted by Crippen LogP contribution is 2.57. The number of imidazole rings is 1. The molecule has 0 N–H and O–H groups in total. The lowest BCUT2D eigenvalue weighted by molar-refractivity contribution is -0.146. The molecule has 10 nitrogen and oxygen atoms in total. The first kappa shape index (κ1) is 28.1. The average Bonchev–Trinajstić information content (AvgIpc) is 3.30. The molecule has 1 unspecified atom stereocenters. The van der Waals surface area contributed by atoms with E-state index in [1.165, 1.54) is 0 Å². The largest absolute Gasteiger partial charge is 0.465 e. The van der Waals surface area contributed by atoms with E-state index in [0.29, 0.717) is 25.0 Å². The number of hydrogen-bond acceptors (Lipinski definition) is 8. The van der Waals surface area contributed by atoms with Crippen molar-refractivity contribution in [1.29, 1.82) is 0 Å². The molecule has 10 heteroatoms. The van der Waals surface area contributed by atoms with E-state index >= 15 is 0 Å². The van der Waals surface area contributed by atoms with Crippen molar-refractivity contribution in [2.75, 3.05) is 13.2 Å². The Kier molecular flexibility index (Phi) is 8.29. The standard InChI is InChI=1S/C27H38N4O6/c1-8-35-22(32)27(21-17-30(18-29-21)20-12-9-13-28-16-20)15-19(27)11-10-14-31(23(33)36-25(2,3)4)24(34)37-26(5,6)7/h9,12-13,16-19H,8,10-11,14-15H2,1-7H3/t19?,27-/m1/s1. The molecule has 1 aliphatic carbocycles. The van der Waals surface area contributed by atoms with Gasteiger partial charge in [-0.2, -0.15) is 0 Å². The molecule has 1 saturated carbocycles. The molecule has 1 aliphatic rings. The van der Waals surface area contributed by atoms with Gasteiger partial charge in [0.15, 0.2) is 0 Å². The van der Waals surface area contributed by atoms with Gasteiger partial charge >= 0.3 is 18.2 Å². The number of esters is 1. The van der Waals surface area contributed by atoms with Crippen LogP contribution in [0.1, 0.15) is 73.4 Å². The van der Waals surface area contributed by atoms with Crippen LogP contribution < -0.4 is 0 Å². The molecule has 1 fully saturated rings. The molecule has 2 aromatic rings. The van der Waals surface area contributed by atoms with Crippen molar-refractivity contribution < 1.29 is 28.6 Å². The number of rotatable bonds is 8. The Morgan fingerprint density at radius 2 is 1.76 bits per heavy atom. The number of pyridine rings is 1. The van der Waals surface area contributed by atoms with Crippen LogP contribution in [0.15, 0.2) is 37.1 Å². The topological polar surface area (TPSA) is 113 Å². The normalized spacial score (nSPS) is 19.2. The summed E-state index contributed by atoms with van der Waals surface area (Å²) >= 11 is 0. The van der Waals surface area contributed by atoms with E-state index in [0.717, 1.165) is 10.6 Å². The van der Waals surface area contributed by atoms with Crippen molar-refractivity contribution >= 4 is 18.2 Å². The van der Waals surface area contributed by atoms with Crippen molar-refractivity contribution in [2.24, 2.45) is 5.92 Å². The van der Waals surface area contributed by atoms with Gasteiger partial charge in [0.25, 0.3) is 0 Å². The van der Waals surface area contributed by atoms with Gasteiger partial charge in [-0.25, -0.2) is 19.5 Å². The van der Waals surface area contributed by atoms with Gasteiger partial charge in [0, 0.05) is 18.9 Å². The summed E-state index contributed by atoms with van der Waals surface area (Å²) in [5, 5.41) is 0. The van der Waals surface area contributed by atoms with E-state index in [9.17, 15) is 14.4 Å². The van der Waals surface area contributed by atoms with Crippen LogP contribution in [0.25, 0.3) is 5.69 Å². The molecule has 37 heavy (non-hydrogen) atoms. The van der Waals surface area contributed by atoms with E-state index in [4.69, 9.17) is 14.2 Å². The number of carbonyl (C=O) groups is 3. The van der Waals surface area contributed by atoms with E-state index in [-0.39, 0.29) is 25.0 Å². The average molecular weight is 515 g/mol. The summed E-state index contributed by atoms with van der Waals surface area (Å²) in [6, 6.07) is 3.74. The minimum Gasteiger partial charge on any atom is -0.465 e. The Morgan fingerprint density at radius 3 is 2.30 bits per heavy atom.